The molecule has 0 saturated carbocycles. The maximum absolute atomic E-state index is 13.2. The Bertz CT molecular complexity index is 965. The summed E-state index contributed by atoms with van der Waals surface area (Å²) in [6.07, 6.45) is 0.726. The number of methoxy groups -OCH3 is 1. The van der Waals surface area contributed by atoms with Crippen molar-refractivity contribution in [1.82, 2.24) is 10.2 Å². The molecule has 1 aromatic heterocycles. The van der Waals surface area contributed by atoms with E-state index in [1.807, 2.05) is 24.3 Å². The molecule has 144 valence electrons. The quantitative estimate of drug-likeness (QED) is 0.650. The van der Waals surface area contributed by atoms with Crippen molar-refractivity contribution >= 4 is 17.4 Å². The van der Waals surface area contributed by atoms with Crippen LogP contribution in [0.5, 0.6) is 5.75 Å². The Balaban J connectivity index is 1.55. The predicted molar refractivity (Wildman–Crippen MR) is 102 cm³/mol. The lowest BCUT2D eigenvalue weighted by Crippen LogP contribution is -2.15. The van der Waals surface area contributed by atoms with Crippen LogP contribution in [-0.2, 0) is 6.42 Å². The molecule has 1 amide bonds. The van der Waals surface area contributed by atoms with E-state index in [4.69, 9.17) is 4.74 Å². The molecular weight excluding hydrogens is 366 g/mol. The van der Waals surface area contributed by atoms with Gasteiger partial charge in [0, 0.05) is 18.3 Å². The molecule has 0 aliphatic carbocycles. The Morgan fingerprint density at radius 3 is 2.57 bits per heavy atom. The van der Waals surface area contributed by atoms with E-state index in [9.17, 15) is 13.6 Å². The van der Waals surface area contributed by atoms with E-state index in [-0.39, 0.29) is 11.4 Å². The second-order valence-electron chi connectivity index (χ2n) is 5.88. The zero-order valence-corrected chi connectivity index (χ0v) is 15.1. The molecule has 0 spiro atoms. The van der Waals surface area contributed by atoms with E-state index in [1.54, 1.807) is 13.2 Å². The monoisotopic (exact) mass is 384 g/mol. The van der Waals surface area contributed by atoms with Crippen LogP contribution in [-0.4, -0.2) is 29.8 Å². The fraction of sp³-hybridized carbons (Fsp3) is 0.150. The van der Waals surface area contributed by atoms with E-state index >= 15 is 0 Å². The van der Waals surface area contributed by atoms with Gasteiger partial charge in [0.1, 0.15) is 11.6 Å². The number of hydrogen-bond donors (Lipinski definition) is 2. The molecule has 3 rings (SSSR count). The molecule has 0 saturated heterocycles. The van der Waals surface area contributed by atoms with Crippen molar-refractivity contribution in [2.75, 3.05) is 24.3 Å². The number of para-hydroxylation sites is 1. The summed E-state index contributed by atoms with van der Waals surface area (Å²) < 4.78 is 31.4. The second kappa shape index (κ2) is 8.90. The van der Waals surface area contributed by atoms with Crippen molar-refractivity contribution in [3.8, 4) is 5.75 Å². The Kier molecular flexibility index (Phi) is 6.11. The van der Waals surface area contributed by atoms with Gasteiger partial charge in [0.2, 0.25) is 0 Å². The van der Waals surface area contributed by atoms with Gasteiger partial charge < -0.3 is 15.4 Å². The van der Waals surface area contributed by atoms with Crippen molar-refractivity contribution < 1.29 is 18.3 Å². The molecule has 2 N–H and O–H groups in total. The number of nitrogens with zero attached hydrogens (tertiary/aromatic N) is 2. The fourth-order valence-electron chi connectivity index (χ4n) is 2.55. The van der Waals surface area contributed by atoms with Crippen LogP contribution in [0.3, 0.4) is 0 Å². The first-order valence-corrected chi connectivity index (χ1v) is 8.52. The molecule has 0 fully saturated rings. The van der Waals surface area contributed by atoms with Gasteiger partial charge >= 0.3 is 0 Å². The second-order valence-corrected chi connectivity index (χ2v) is 5.88. The zero-order valence-electron chi connectivity index (χ0n) is 15.1. The minimum absolute atomic E-state index is 0.0556. The third-order valence-electron chi connectivity index (χ3n) is 3.97. The van der Waals surface area contributed by atoms with Gasteiger partial charge in [-0.25, -0.2) is 8.78 Å². The molecule has 0 atom stereocenters. The van der Waals surface area contributed by atoms with Gasteiger partial charge in [-0.2, -0.15) is 0 Å². The van der Waals surface area contributed by atoms with E-state index in [2.05, 4.69) is 20.8 Å². The maximum Gasteiger partial charge on any atom is 0.276 e. The Morgan fingerprint density at radius 1 is 1.04 bits per heavy atom. The number of halogens is 2. The van der Waals surface area contributed by atoms with E-state index < -0.39 is 17.5 Å². The Morgan fingerprint density at radius 2 is 1.86 bits per heavy atom. The number of nitrogens with one attached hydrogen (secondary N) is 2. The number of carbonyl (C=O) groups excluding carboxylic acids is 1. The summed E-state index contributed by atoms with van der Waals surface area (Å²) >= 11 is 0. The summed E-state index contributed by atoms with van der Waals surface area (Å²) in [5.41, 5.74) is 1.25. The number of rotatable bonds is 7. The molecule has 28 heavy (non-hydrogen) atoms. The summed E-state index contributed by atoms with van der Waals surface area (Å²) in [6, 6.07) is 13.9. The van der Waals surface area contributed by atoms with Gasteiger partial charge in [-0.15, -0.1) is 10.2 Å². The molecule has 2 aromatic carbocycles. The smallest absolute Gasteiger partial charge is 0.276 e. The number of carbonyl (C=O) groups is 1. The summed E-state index contributed by atoms with van der Waals surface area (Å²) in [5, 5.41) is 13.4. The Hall–Kier alpha value is -3.55. The molecule has 0 bridgehead atoms. The highest BCUT2D eigenvalue weighted by Crippen LogP contribution is 2.18. The molecule has 0 unspecified atom stereocenters. The van der Waals surface area contributed by atoms with Crippen molar-refractivity contribution in [2.24, 2.45) is 0 Å². The van der Waals surface area contributed by atoms with Gasteiger partial charge in [-0.3, -0.25) is 4.79 Å². The SMILES string of the molecule is COc1ccccc1CCNc1ccc(C(=O)Nc2ccc(F)c(F)c2)nn1. The van der Waals surface area contributed by atoms with Gasteiger partial charge in [0.25, 0.3) is 5.91 Å². The summed E-state index contributed by atoms with van der Waals surface area (Å²) in [5.74, 6) is -1.27. The first-order valence-electron chi connectivity index (χ1n) is 8.52. The minimum Gasteiger partial charge on any atom is -0.496 e. The van der Waals surface area contributed by atoms with Crippen LogP contribution in [0.4, 0.5) is 20.3 Å². The van der Waals surface area contributed by atoms with Crippen LogP contribution in [0.15, 0.2) is 54.6 Å². The highest BCUT2D eigenvalue weighted by molar-refractivity contribution is 6.02. The highest BCUT2D eigenvalue weighted by atomic mass is 19.2. The number of amides is 1. The predicted octanol–water partition coefficient (Wildman–Crippen LogP) is 3.67. The molecule has 0 radical (unpaired) electrons. The standard InChI is InChI=1S/C20H18F2N4O2/c1-28-18-5-3-2-4-13(18)10-11-23-19-9-8-17(25-26-19)20(27)24-14-6-7-15(21)16(22)12-14/h2-9,12H,10-11H2,1H3,(H,23,26)(H,24,27). The molecule has 1 heterocycles. The third-order valence-corrected chi connectivity index (χ3v) is 3.97. The fourth-order valence-corrected chi connectivity index (χ4v) is 2.55. The summed E-state index contributed by atoms with van der Waals surface area (Å²) in [7, 11) is 1.63. The van der Waals surface area contributed by atoms with Crippen LogP contribution in [0.2, 0.25) is 0 Å². The van der Waals surface area contributed by atoms with Gasteiger partial charge in [0.15, 0.2) is 17.3 Å². The van der Waals surface area contributed by atoms with E-state index in [0.717, 1.165) is 29.9 Å². The van der Waals surface area contributed by atoms with E-state index in [0.29, 0.717) is 12.4 Å². The largest absolute Gasteiger partial charge is 0.496 e. The van der Waals surface area contributed by atoms with Crippen LogP contribution < -0.4 is 15.4 Å². The average molecular weight is 384 g/mol. The molecule has 3 aromatic rings. The molecule has 6 nitrogen and oxygen atoms in total. The Labute approximate surface area is 160 Å². The highest BCUT2D eigenvalue weighted by Gasteiger charge is 2.10. The topological polar surface area (TPSA) is 76.1 Å². The van der Waals surface area contributed by atoms with Gasteiger partial charge in [-0.05, 0) is 42.3 Å². The van der Waals surface area contributed by atoms with Crippen LogP contribution in [0.25, 0.3) is 0 Å². The lowest BCUT2D eigenvalue weighted by Gasteiger charge is -2.09. The molecule has 8 heteroatoms. The number of aromatic nitrogens is 2. The van der Waals surface area contributed by atoms with Crippen molar-refractivity contribution in [1.29, 1.82) is 0 Å². The van der Waals surface area contributed by atoms with Crippen LogP contribution in [0.1, 0.15) is 16.1 Å². The number of hydrogen-bond acceptors (Lipinski definition) is 5. The van der Waals surface area contributed by atoms with Crippen molar-refractivity contribution in [2.45, 2.75) is 6.42 Å². The average Bonchev–Trinajstić information content (AvgIpc) is 2.71. The minimum atomic E-state index is -1.04. The van der Waals surface area contributed by atoms with Gasteiger partial charge in [0.05, 0.1) is 7.11 Å². The molecular formula is C20H18F2N4O2. The first kappa shape index (κ1) is 19.2. The van der Waals surface area contributed by atoms with Crippen LogP contribution >= 0.6 is 0 Å². The van der Waals surface area contributed by atoms with Crippen LogP contribution in [0, 0.1) is 11.6 Å². The van der Waals surface area contributed by atoms with Crippen molar-refractivity contribution in [3.63, 3.8) is 0 Å². The summed E-state index contributed by atoms with van der Waals surface area (Å²) in [6.45, 7) is 0.607. The number of benzene rings is 2. The number of anilines is 2. The first-order chi connectivity index (χ1) is 13.6. The zero-order chi connectivity index (χ0) is 19.9. The van der Waals surface area contributed by atoms with Crippen molar-refractivity contribution in [3.05, 3.63) is 77.5 Å². The maximum atomic E-state index is 13.2. The third kappa shape index (κ3) is 4.79. The normalized spacial score (nSPS) is 10.4. The number of ether oxygens (including phenoxy) is 1. The lowest BCUT2D eigenvalue weighted by atomic mass is 10.1. The molecule has 0 aliphatic rings. The van der Waals surface area contributed by atoms with E-state index in [1.165, 1.54) is 12.1 Å². The lowest BCUT2D eigenvalue weighted by molar-refractivity contribution is 0.102. The summed E-state index contributed by atoms with van der Waals surface area (Å²) in [4.78, 5) is 12.1. The van der Waals surface area contributed by atoms with Gasteiger partial charge in [-0.1, -0.05) is 18.2 Å². The molecule has 0 aliphatic heterocycles.